The molecule has 4 rings (SSSR count). The van der Waals surface area contributed by atoms with Gasteiger partial charge in [0.05, 0.1) is 29.2 Å². The van der Waals surface area contributed by atoms with Crippen LogP contribution in [-0.4, -0.2) is 34.3 Å². The Morgan fingerprint density at radius 3 is 2.86 bits per heavy atom. The molecule has 2 aromatic heterocycles. The zero-order chi connectivity index (χ0) is 19.7. The predicted molar refractivity (Wildman–Crippen MR) is 109 cm³/mol. The van der Waals surface area contributed by atoms with Crippen molar-refractivity contribution in [3.8, 4) is 11.3 Å². The average Bonchev–Trinajstić information content (AvgIpc) is 3.08. The van der Waals surface area contributed by atoms with Crippen molar-refractivity contribution in [2.45, 2.75) is 13.3 Å². The molecule has 0 aliphatic heterocycles. The number of fused-ring (bicyclic) bond motifs is 2. The van der Waals surface area contributed by atoms with E-state index in [9.17, 15) is 9.59 Å². The number of carbonyl (C=O) groups is 1. The molecule has 4 aromatic rings. The molecule has 142 valence electrons. The Balaban J connectivity index is 1.98. The Bertz CT molecular complexity index is 1240. The van der Waals surface area contributed by atoms with Crippen molar-refractivity contribution in [2.24, 2.45) is 0 Å². The van der Waals surface area contributed by atoms with Crippen LogP contribution in [0.3, 0.4) is 0 Å². The van der Waals surface area contributed by atoms with Gasteiger partial charge in [-0.1, -0.05) is 19.1 Å². The lowest BCUT2D eigenvalue weighted by atomic mass is 10.1. The fraction of sp³-hybridized carbons (Fsp3) is 0.190. The van der Waals surface area contributed by atoms with Gasteiger partial charge in [0.1, 0.15) is 5.69 Å². The van der Waals surface area contributed by atoms with E-state index in [4.69, 9.17) is 4.74 Å². The molecule has 0 unspecified atom stereocenters. The summed E-state index contributed by atoms with van der Waals surface area (Å²) in [6, 6.07) is 12.7. The predicted octanol–water partition coefficient (Wildman–Crippen LogP) is 3.28. The monoisotopic (exact) mass is 376 g/mol. The number of ether oxygens (including phenoxy) is 1. The van der Waals surface area contributed by atoms with Crippen molar-refractivity contribution in [3.05, 3.63) is 64.6 Å². The standard InChI is InChI=1S/C21H20N4O3/c1-3-10-22-25-12-15(14-11-13(21(27)28-2)8-9-18(14)25)19-20(26)24-17-7-5-4-6-16(17)23-19/h4-9,11-12,22H,3,10H2,1-2H3,(H,24,26). The highest BCUT2D eigenvalue weighted by Crippen LogP contribution is 2.29. The highest BCUT2D eigenvalue weighted by atomic mass is 16.5. The van der Waals surface area contributed by atoms with Crippen LogP contribution < -0.4 is 11.0 Å². The Hall–Kier alpha value is -3.61. The smallest absolute Gasteiger partial charge is 0.337 e. The maximum atomic E-state index is 12.7. The second-order valence-corrected chi connectivity index (χ2v) is 6.48. The van der Waals surface area contributed by atoms with Crippen LogP contribution in [0.2, 0.25) is 0 Å². The van der Waals surface area contributed by atoms with E-state index < -0.39 is 5.97 Å². The quantitative estimate of drug-likeness (QED) is 0.522. The highest BCUT2D eigenvalue weighted by molar-refractivity contribution is 6.01. The van der Waals surface area contributed by atoms with E-state index in [1.165, 1.54) is 7.11 Å². The van der Waals surface area contributed by atoms with Gasteiger partial charge in [-0.2, -0.15) is 0 Å². The van der Waals surface area contributed by atoms with Gasteiger partial charge in [-0.05, 0) is 36.8 Å². The van der Waals surface area contributed by atoms with E-state index in [0.29, 0.717) is 27.9 Å². The third kappa shape index (κ3) is 3.00. The summed E-state index contributed by atoms with van der Waals surface area (Å²) in [6.07, 6.45) is 2.79. The van der Waals surface area contributed by atoms with Gasteiger partial charge in [-0.3, -0.25) is 9.47 Å². The second kappa shape index (κ2) is 7.19. The molecule has 0 saturated heterocycles. The van der Waals surface area contributed by atoms with Crippen LogP contribution in [0.1, 0.15) is 23.7 Å². The van der Waals surface area contributed by atoms with Crippen LogP contribution in [-0.2, 0) is 4.74 Å². The molecule has 0 radical (unpaired) electrons. The molecular formula is C21H20N4O3. The van der Waals surface area contributed by atoms with Crippen LogP contribution in [0.5, 0.6) is 0 Å². The lowest BCUT2D eigenvalue weighted by Gasteiger charge is -2.07. The molecule has 7 nitrogen and oxygen atoms in total. The SMILES string of the molecule is CCCNn1cc(-c2nc3ccccc3[nH]c2=O)c2cc(C(=O)OC)ccc21. The molecule has 2 N–H and O–H groups in total. The van der Waals surface area contributed by atoms with E-state index >= 15 is 0 Å². The minimum atomic E-state index is -0.428. The van der Waals surface area contributed by atoms with Crippen molar-refractivity contribution >= 4 is 27.9 Å². The molecule has 0 atom stereocenters. The number of H-pyrrole nitrogens is 1. The van der Waals surface area contributed by atoms with E-state index in [1.54, 1.807) is 12.1 Å². The summed E-state index contributed by atoms with van der Waals surface area (Å²) in [5.74, 6) is -0.428. The maximum absolute atomic E-state index is 12.7. The average molecular weight is 376 g/mol. The summed E-state index contributed by atoms with van der Waals surface area (Å²) in [7, 11) is 1.34. The van der Waals surface area contributed by atoms with Gasteiger partial charge < -0.3 is 15.1 Å². The number of esters is 1. The van der Waals surface area contributed by atoms with Gasteiger partial charge in [-0.15, -0.1) is 0 Å². The molecule has 2 heterocycles. The van der Waals surface area contributed by atoms with Crippen LogP contribution in [0.25, 0.3) is 33.2 Å². The number of benzene rings is 2. The molecule has 0 aliphatic carbocycles. The molecule has 7 heteroatoms. The number of hydrogen-bond donors (Lipinski definition) is 2. The van der Waals surface area contributed by atoms with Crippen molar-refractivity contribution in [1.29, 1.82) is 0 Å². The summed E-state index contributed by atoms with van der Waals surface area (Å²) >= 11 is 0. The number of aromatic amines is 1. The highest BCUT2D eigenvalue weighted by Gasteiger charge is 2.17. The number of nitrogens with one attached hydrogen (secondary N) is 2. The largest absolute Gasteiger partial charge is 0.465 e. The zero-order valence-electron chi connectivity index (χ0n) is 15.7. The van der Waals surface area contributed by atoms with Gasteiger partial charge in [0.25, 0.3) is 5.56 Å². The first-order valence-corrected chi connectivity index (χ1v) is 9.09. The maximum Gasteiger partial charge on any atom is 0.337 e. The first-order valence-electron chi connectivity index (χ1n) is 9.09. The van der Waals surface area contributed by atoms with Gasteiger partial charge in [0.15, 0.2) is 0 Å². The molecule has 0 amide bonds. The molecule has 0 fully saturated rings. The Morgan fingerprint density at radius 2 is 2.07 bits per heavy atom. The molecule has 2 aromatic carbocycles. The molecule has 0 spiro atoms. The lowest BCUT2D eigenvalue weighted by molar-refractivity contribution is 0.0601. The minimum Gasteiger partial charge on any atom is -0.465 e. The van der Waals surface area contributed by atoms with Crippen molar-refractivity contribution in [3.63, 3.8) is 0 Å². The third-order valence-corrected chi connectivity index (χ3v) is 4.61. The van der Waals surface area contributed by atoms with Gasteiger partial charge in [0.2, 0.25) is 0 Å². The van der Waals surface area contributed by atoms with Gasteiger partial charge in [-0.25, -0.2) is 9.78 Å². The van der Waals surface area contributed by atoms with Crippen molar-refractivity contribution in [1.82, 2.24) is 14.6 Å². The van der Waals surface area contributed by atoms with E-state index in [2.05, 4.69) is 22.3 Å². The number of carbonyl (C=O) groups excluding carboxylic acids is 1. The lowest BCUT2D eigenvalue weighted by Crippen LogP contribution is -2.14. The number of nitrogens with zero attached hydrogens (tertiary/aromatic N) is 2. The summed E-state index contributed by atoms with van der Waals surface area (Å²) in [5, 5.41) is 0.750. The normalized spacial score (nSPS) is 11.1. The van der Waals surface area contributed by atoms with E-state index in [0.717, 1.165) is 23.9 Å². The van der Waals surface area contributed by atoms with Gasteiger partial charge in [0, 0.05) is 23.7 Å². The van der Waals surface area contributed by atoms with Crippen molar-refractivity contribution in [2.75, 3.05) is 19.1 Å². The summed E-state index contributed by atoms with van der Waals surface area (Å²) < 4.78 is 6.71. The molecule has 0 bridgehead atoms. The molecule has 28 heavy (non-hydrogen) atoms. The number of para-hydroxylation sites is 2. The number of rotatable bonds is 5. The Kier molecular flexibility index (Phi) is 4.57. The van der Waals surface area contributed by atoms with Crippen molar-refractivity contribution < 1.29 is 9.53 Å². The summed E-state index contributed by atoms with van der Waals surface area (Å²) in [6.45, 7) is 2.84. The summed E-state index contributed by atoms with van der Waals surface area (Å²) in [4.78, 5) is 32.2. The van der Waals surface area contributed by atoms with Crippen LogP contribution in [0, 0.1) is 0 Å². The third-order valence-electron chi connectivity index (χ3n) is 4.61. The zero-order valence-corrected chi connectivity index (χ0v) is 15.7. The Morgan fingerprint density at radius 1 is 1.25 bits per heavy atom. The number of methoxy groups -OCH3 is 1. The van der Waals surface area contributed by atoms with Crippen LogP contribution in [0.4, 0.5) is 0 Å². The fourth-order valence-electron chi connectivity index (χ4n) is 3.24. The van der Waals surface area contributed by atoms with Crippen LogP contribution in [0.15, 0.2) is 53.5 Å². The van der Waals surface area contributed by atoms with E-state index in [-0.39, 0.29) is 5.56 Å². The molecule has 0 saturated carbocycles. The van der Waals surface area contributed by atoms with Gasteiger partial charge >= 0.3 is 5.97 Å². The first kappa shape index (κ1) is 17.8. The minimum absolute atomic E-state index is 0.281. The number of hydrogen-bond acceptors (Lipinski definition) is 5. The fourth-order valence-corrected chi connectivity index (χ4v) is 3.24. The summed E-state index contributed by atoms with van der Waals surface area (Å²) in [5.41, 5.74) is 6.63. The molecular weight excluding hydrogens is 356 g/mol. The Labute approximate surface area is 160 Å². The first-order chi connectivity index (χ1) is 13.6. The number of aromatic nitrogens is 3. The van der Waals surface area contributed by atoms with E-state index in [1.807, 2.05) is 41.2 Å². The topological polar surface area (TPSA) is 89.0 Å². The van der Waals surface area contributed by atoms with Crippen LogP contribution >= 0.6 is 0 Å². The molecule has 0 aliphatic rings. The second-order valence-electron chi connectivity index (χ2n) is 6.48.